The zero-order valence-electron chi connectivity index (χ0n) is 18.1. The van der Waals surface area contributed by atoms with Crippen molar-refractivity contribution in [1.29, 1.82) is 0 Å². The lowest BCUT2D eigenvalue weighted by atomic mass is 9.94. The van der Waals surface area contributed by atoms with E-state index in [4.69, 9.17) is 14.2 Å². The third-order valence-corrected chi connectivity index (χ3v) is 8.32. The summed E-state index contributed by atoms with van der Waals surface area (Å²) in [7, 11) is 3.53. The maximum absolute atomic E-state index is 12.4. The molecule has 0 spiro atoms. The largest absolute Gasteiger partial charge is 0.479 e. The minimum Gasteiger partial charge on any atom is -0.479 e. The van der Waals surface area contributed by atoms with Crippen molar-refractivity contribution in [3.63, 3.8) is 0 Å². The van der Waals surface area contributed by atoms with Gasteiger partial charge in [0.15, 0.2) is 17.2 Å². The molecule has 2 aromatic heterocycles. The second-order valence-corrected chi connectivity index (χ2v) is 9.70. The van der Waals surface area contributed by atoms with E-state index in [2.05, 4.69) is 30.1 Å². The number of thiophene rings is 2. The minimum absolute atomic E-state index is 0.243. The lowest BCUT2D eigenvalue weighted by Gasteiger charge is -2.33. The first kappa shape index (κ1) is 21.9. The molecule has 1 aromatic carbocycles. The molecule has 8 heteroatoms. The summed E-state index contributed by atoms with van der Waals surface area (Å²) in [5.74, 6) is -0.514. The highest BCUT2D eigenvalue weighted by atomic mass is 32.1. The van der Waals surface area contributed by atoms with Crippen molar-refractivity contribution in [2.24, 2.45) is 0 Å². The van der Waals surface area contributed by atoms with Crippen molar-refractivity contribution < 1.29 is 23.8 Å². The number of carbonyl (C=O) groups is 2. The summed E-state index contributed by atoms with van der Waals surface area (Å²) >= 11 is 2.96. The number of ether oxygens (including phenoxy) is 3. The van der Waals surface area contributed by atoms with Gasteiger partial charge in [-0.05, 0) is 25.8 Å². The van der Waals surface area contributed by atoms with Crippen LogP contribution in [0.1, 0.15) is 48.7 Å². The average molecular weight is 462 g/mol. The second kappa shape index (κ2) is 9.44. The highest BCUT2D eigenvalue weighted by Crippen LogP contribution is 2.49. The number of fused-ring (bicyclic) bond motifs is 3. The first-order valence-corrected chi connectivity index (χ1v) is 12.3. The lowest BCUT2D eigenvalue weighted by molar-refractivity contribution is -0.145. The van der Waals surface area contributed by atoms with E-state index in [0.717, 1.165) is 14.8 Å². The van der Waals surface area contributed by atoms with Gasteiger partial charge in [0.2, 0.25) is 0 Å². The van der Waals surface area contributed by atoms with Crippen molar-refractivity contribution >= 4 is 59.8 Å². The molecule has 166 valence electrons. The smallest absolute Gasteiger partial charge is 0.351 e. The molecule has 3 aromatic rings. The van der Waals surface area contributed by atoms with Crippen LogP contribution in [0.15, 0.2) is 18.2 Å². The zero-order valence-corrected chi connectivity index (χ0v) is 19.7. The number of esters is 2. The Morgan fingerprint density at radius 1 is 1.10 bits per heavy atom. The van der Waals surface area contributed by atoms with E-state index < -0.39 is 11.9 Å². The molecule has 0 amide bonds. The third-order valence-electron chi connectivity index (χ3n) is 5.78. The molecule has 1 aliphatic rings. The van der Waals surface area contributed by atoms with Gasteiger partial charge in [0, 0.05) is 18.5 Å². The molecule has 31 heavy (non-hydrogen) atoms. The standard InChI is InChI=1S/C23H27NO5S2/c1-4-28-17(25)13-29-18-21-20(31-22(18)23(26)27-3)15-11-8-12-16(19(15)30-21)24(2)14-9-6-5-7-10-14/h8,11-12,14H,4-7,9-10,13H2,1-3H3. The summed E-state index contributed by atoms with van der Waals surface area (Å²) in [6, 6.07) is 6.86. The van der Waals surface area contributed by atoms with Crippen LogP contribution in [-0.2, 0) is 14.3 Å². The van der Waals surface area contributed by atoms with E-state index >= 15 is 0 Å². The van der Waals surface area contributed by atoms with E-state index in [9.17, 15) is 9.59 Å². The monoisotopic (exact) mass is 461 g/mol. The number of nitrogens with zero attached hydrogens (tertiary/aromatic N) is 1. The fourth-order valence-corrected chi connectivity index (χ4v) is 6.94. The molecule has 1 aliphatic carbocycles. The van der Waals surface area contributed by atoms with Gasteiger partial charge in [-0.1, -0.05) is 31.4 Å². The van der Waals surface area contributed by atoms with Gasteiger partial charge in [-0.3, -0.25) is 0 Å². The van der Waals surface area contributed by atoms with Crippen LogP contribution in [0, 0.1) is 0 Å². The predicted molar refractivity (Wildman–Crippen MR) is 126 cm³/mol. The molecular formula is C23H27NO5S2. The highest BCUT2D eigenvalue weighted by Gasteiger charge is 2.27. The Morgan fingerprint density at radius 3 is 2.58 bits per heavy atom. The SMILES string of the molecule is CCOC(=O)COc1c(C(=O)OC)sc2c1sc1c(N(C)C3CCCCC3)cccc12. The van der Waals surface area contributed by atoms with Crippen molar-refractivity contribution in [3.05, 3.63) is 23.1 Å². The van der Waals surface area contributed by atoms with E-state index in [1.54, 1.807) is 18.3 Å². The molecule has 0 unspecified atom stereocenters. The third kappa shape index (κ3) is 4.23. The van der Waals surface area contributed by atoms with Gasteiger partial charge < -0.3 is 19.1 Å². The normalized spacial score (nSPS) is 14.7. The number of hydrogen-bond acceptors (Lipinski definition) is 8. The second-order valence-electron chi connectivity index (χ2n) is 7.66. The molecule has 0 aliphatic heterocycles. The Balaban J connectivity index is 1.77. The first-order chi connectivity index (χ1) is 15.0. The van der Waals surface area contributed by atoms with Gasteiger partial charge in [-0.2, -0.15) is 0 Å². The molecular weight excluding hydrogens is 434 g/mol. The number of carbonyl (C=O) groups excluding carboxylic acids is 2. The highest BCUT2D eigenvalue weighted by molar-refractivity contribution is 7.34. The summed E-state index contributed by atoms with van der Waals surface area (Å²) in [5.41, 5.74) is 1.20. The molecule has 0 radical (unpaired) electrons. The molecule has 0 N–H and O–H groups in total. The van der Waals surface area contributed by atoms with Crippen LogP contribution in [-0.4, -0.2) is 45.4 Å². The Hall–Kier alpha value is -2.32. The van der Waals surface area contributed by atoms with E-state index in [1.807, 2.05) is 0 Å². The summed E-state index contributed by atoms with van der Waals surface area (Å²) in [6.45, 7) is 1.79. The average Bonchev–Trinajstić information content (AvgIpc) is 3.33. The van der Waals surface area contributed by atoms with Crippen LogP contribution in [0.5, 0.6) is 5.75 Å². The molecule has 1 saturated carbocycles. The minimum atomic E-state index is -0.462. The Kier molecular flexibility index (Phi) is 6.67. The van der Waals surface area contributed by atoms with Gasteiger partial charge in [0.1, 0.15) is 0 Å². The molecule has 4 rings (SSSR count). The number of rotatable bonds is 7. The van der Waals surface area contributed by atoms with Crippen LogP contribution in [0.4, 0.5) is 5.69 Å². The topological polar surface area (TPSA) is 65.1 Å². The number of anilines is 1. The summed E-state index contributed by atoms with van der Waals surface area (Å²) < 4.78 is 18.8. The summed E-state index contributed by atoms with van der Waals surface area (Å²) in [5, 5.41) is 1.10. The van der Waals surface area contributed by atoms with E-state index in [0.29, 0.717) is 16.7 Å². The number of methoxy groups -OCH3 is 1. The fourth-order valence-electron chi connectivity index (χ4n) is 4.22. The fraction of sp³-hybridized carbons (Fsp3) is 0.478. The van der Waals surface area contributed by atoms with Crippen LogP contribution in [0.3, 0.4) is 0 Å². The van der Waals surface area contributed by atoms with Crippen LogP contribution >= 0.6 is 22.7 Å². The van der Waals surface area contributed by atoms with Crippen molar-refractivity contribution in [1.82, 2.24) is 0 Å². The van der Waals surface area contributed by atoms with Gasteiger partial charge in [0.05, 0.1) is 33.5 Å². The van der Waals surface area contributed by atoms with Crippen LogP contribution < -0.4 is 9.64 Å². The summed E-state index contributed by atoms with van der Waals surface area (Å²) in [6.07, 6.45) is 6.30. The molecule has 0 saturated heterocycles. The molecule has 0 bridgehead atoms. The first-order valence-electron chi connectivity index (χ1n) is 10.6. The molecule has 6 nitrogen and oxygen atoms in total. The molecule has 1 fully saturated rings. The number of benzene rings is 1. The summed E-state index contributed by atoms with van der Waals surface area (Å²) in [4.78, 5) is 27.0. The van der Waals surface area contributed by atoms with Gasteiger partial charge >= 0.3 is 11.9 Å². The Bertz CT molecular complexity index is 1100. The van der Waals surface area contributed by atoms with Gasteiger partial charge in [0.25, 0.3) is 0 Å². The lowest BCUT2D eigenvalue weighted by Crippen LogP contribution is -2.33. The van der Waals surface area contributed by atoms with Gasteiger partial charge in [-0.25, -0.2) is 9.59 Å². The maximum Gasteiger partial charge on any atom is 0.351 e. The Labute approximate surface area is 189 Å². The Morgan fingerprint density at radius 2 is 1.87 bits per heavy atom. The van der Waals surface area contributed by atoms with E-state index in [1.165, 1.54) is 60.9 Å². The van der Waals surface area contributed by atoms with Gasteiger partial charge in [-0.15, -0.1) is 22.7 Å². The molecule has 2 heterocycles. The van der Waals surface area contributed by atoms with E-state index in [-0.39, 0.29) is 13.2 Å². The van der Waals surface area contributed by atoms with Crippen LogP contribution in [0.25, 0.3) is 19.5 Å². The van der Waals surface area contributed by atoms with Crippen molar-refractivity contribution in [2.45, 2.75) is 45.1 Å². The number of hydrogen-bond donors (Lipinski definition) is 0. The van der Waals surface area contributed by atoms with Crippen molar-refractivity contribution in [3.8, 4) is 5.75 Å². The predicted octanol–water partition coefficient (Wildman–Crippen LogP) is 5.61. The maximum atomic E-state index is 12.4. The van der Waals surface area contributed by atoms with Crippen molar-refractivity contribution in [2.75, 3.05) is 32.3 Å². The quantitative estimate of drug-likeness (QED) is 0.426. The zero-order chi connectivity index (χ0) is 22.0. The molecule has 0 atom stereocenters. The van der Waals surface area contributed by atoms with Crippen LogP contribution in [0.2, 0.25) is 0 Å².